The van der Waals surface area contributed by atoms with Crippen molar-refractivity contribution in [2.75, 3.05) is 11.1 Å². The van der Waals surface area contributed by atoms with Gasteiger partial charge in [0.05, 0.1) is 11.4 Å². The Kier molecular flexibility index (Phi) is 6.31. The van der Waals surface area contributed by atoms with Crippen LogP contribution in [0.15, 0.2) is 35.3 Å². The molecule has 28 heavy (non-hydrogen) atoms. The van der Waals surface area contributed by atoms with Crippen molar-refractivity contribution in [2.24, 2.45) is 0 Å². The van der Waals surface area contributed by atoms with Gasteiger partial charge in [-0.2, -0.15) is 0 Å². The second-order valence-electron chi connectivity index (χ2n) is 6.58. The highest BCUT2D eigenvalue weighted by atomic mass is 32.2. The first kappa shape index (κ1) is 20.3. The van der Waals surface area contributed by atoms with Crippen LogP contribution in [0, 0.1) is 27.7 Å². The van der Waals surface area contributed by atoms with Crippen LogP contribution < -0.4 is 5.32 Å². The predicted octanol–water partition coefficient (Wildman–Crippen LogP) is 4.55. The van der Waals surface area contributed by atoms with E-state index in [4.69, 9.17) is 0 Å². The summed E-state index contributed by atoms with van der Waals surface area (Å²) in [6.07, 6.45) is 1.78. The summed E-state index contributed by atoms with van der Waals surface area (Å²) in [6.45, 7) is 12.5. The number of carbonyl (C=O) groups excluding carboxylic acids is 1. The average Bonchev–Trinajstić information content (AvgIpc) is 3.20. The van der Waals surface area contributed by atoms with Gasteiger partial charge in [-0.1, -0.05) is 35.5 Å². The highest BCUT2D eigenvalue weighted by Gasteiger charge is 2.14. The summed E-state index contributed by atoms with van der Waals surface area (Å²) in [5.41, 5.74) is 5.63. The molecule has 1 N–H and O–H groups in total. The number of aromatic nitrogens is 4. The molecule has 1 aromatic carbocycles. The summed E-state index contributed by atoms with van der Waals surface area (Å²) in [7, 11) is 0. The van der Waals surface area contributed by atoms with Gasteiger partial charge in [0.25, 0.3) is 0 Å². The fraction of sp³-hybridized carbons (Fsp3) is 0.300. The molecular weight excluding hydrogens is 390 g/mol. The van der Waals surface area contributed by atoms with E-state index in [-0.39, 0.29) is 11.7 Å². The normalized spacial score (nSPS) is 10.9. The van der Waals surface area contributed by atoms with E-state index in [0.717, 1.165) is 17.1 Å². The molecule has 0 radical (unpaired) electrons. The van der Waals surface area contributed by atoms with Crippen molar-refractivity contribution >= 4 is 34.1 Å². The second kappa shape index (κ2) is 8.70. The predicted molar refractivity (Wildman–Crippen MR) is 116 cm³/mol. The van der Waals surface area contributed by atoms with E-state index in [2.05, 4.69) is 60.0 Å². The zero-order valence-electron chi connectivity index (χ0n) is 16.4. The van der Waals surface area contributed by atoms with Crippen molar-refractivity contribution in [2.45, 2.75) is 39.4 Å². The monoisotopic (exact) mass is 413 g/mol. The first-order valence-corrected chi connectivity index (χ1v) is 10.7. The lowest BCUT2D eigenvalue weighted by Crippen LogP contribution is -2.14. The Hall–Kier alpha value is -2.45. The Morgan fingerprint density at radius 1 is 1.25 bits per heavy atom. The molecule has 2 heterocycles. The summed E-state index contributed by atoms with van der Waals surface area (Å²) in [4.78, 5) is 17.0. The Morgan fingerprint density at radius 3 is 2.64 bits per heavy atom. The molecule has 8 heteroatoms. The zero-order valence-corrected chi connectivity index (χ0v) is 18.1. The molecule has 0 saturated carbocycles. The smallest absolute Gasteiger partial charge is 0.236 e. The lowest BCUT2D eigenvalue weighted by Gasteiger charge is -2.08. The third-order valence-electron chi connectivity index (χ3n) is 4.23. The molecule has 0 aliphatic heterocycles. The van der Waals surface area contributed by atoms with Gasteiger partial charge in [0.2, 0.25) is 5.91 Å². The summed E-state index contributed by atoms with van der Waals surface area (Å²) < 4.78 is 1.93. The molecule has 0 unspecified atom stereocenters. The van der Waals surface area contributed by atoms with Gasteiger partial charge in [-0.05, 0) is 38.8 Å². The lowest BCUT2D eigenvalue weighted by atomic mass is 9.98. The molecule has 0 aliphatic rings. The van der Waals surface area contributed by atoms with E-state index in [9.17, 15) is 4.79 Å². The summed E-state index contributed by atoms with van der Waals surface area (Å²) >= 11 is 2.78. The van der Waals surface area contributed by atoms with Crippen LogP contribution in [-0.4, -0.2) is 31.4 Å². The maximum Gasteiger partial charge on any atom is 0.236 e. The fourth-order valence-corrected chi connectivity index (χ4v) is 4.63. The molecule has 0 bridgehead atoms. The molecule has 0 atom stereocenters. The molecule has 6 nitrogen and oxygen atoms in total. The number of allylic oxidation sites excluding steroid dienone is 1. The topological polar surface area (TPSA) is 72.7 Å². The Morgan fingerprint density at radius 2 is 1.96 bits per heavy atom. The van der Waals surface area contributed by atoms with Gasteiger partial charge in [-0.25, -0.2) is 4.98 Å². The van der Waals surface area contributed by atoms with E-state index in [1.165, 1.54) is 39.8 Å². The van der Waals surface area contributed by atoms with Gasteiger partial charge in [0.15, 0.2) is 10.3 Å². The van der Waals surface area contributed by atoms with Crippen LogP contribution in [0.5, 0.6) is 0 Å². The first-order valence-electron chi connectivity index (χ1n) is 8.86. The van der Waals surface area contributed by atoms with Crippen LogP contribution in [0.4, 0.5) is 5.13 Å². The van der Waals surface area contributed by atoms with Gasteiger partial charge >= 0.3 is 0 Å². The van der Waals surface area contributed by atoms with Gasteiger partial charge in [0, 0.05) is 17.5 Å². The molecule has 0 aliphatic carbocycles. The molecule has 0 saturated heterocycles. The fourth-order valence-electron chi connectivity index (χ4n) is 3.12. The highest BCUT2D eigenvalue weighted by Crippen LogP contribution is 2.31. The van der Waals surface area contributed by atoms with Crippen LogP contribution in [0.1, 0.15) is 22.5 Å². The largest absolute Gasteiger partial charge is 0.302 e. The van der Waals surface area contributed by atoms with Crippen molar-refractivity contribution in [3.8, 4) is 11.3 Å². The van der Waals surface area contributed by atoms with Gasteiger partial charge in [-0.15, -0.1) is 28.1 Å². The number of carbonyl (C=O) groups is 1. The molecule has 146 valence electrons. The van der Waals surface area contributed by atoms with Gasteiger partial charge in [0.1, 0.15) is 5.82 Å². The Labute approximate surface area is 173 Å². The third kappa shape index (κ3) is 4.51. The highest BCUT2D eigenvalue weighted by molar-refractivity contribution is 7.99. The van der Waals surface area contributed by atoms with Crippen molar-refractivity contribution < 1.29 is 4.79 Å². The van der Waals surface area contributed by atoms with Crippen LogP contribution in [0.2, 0.25) is 0 Å². The lowest BCUT2D eigenvalue weighted by molar-refractivity contribution is -0.113. The molecule has 0 spiro atoms. The molecular formula is C20H23N5OS2. The van der Waals surface area contributed by atoms with E-state index in [1.807, 2.05) is 16.9 Å². The maximum absolute atomic E-state index is 12.3. The Balaban J connectivity index is 1.66. The number of hydrogen-bond acceptors (Lipinski definition) is 6. The van der Waals surface area contributed by atoms with E-state index in [0.29, 0.717) is 16.8 Å². The zero-order chi connectivity index (χ0) is 20.3. The molecule has 1 amide bonds. The standard InChI is InChI=1S/C20H23N5OS2/c1-6-7-25-15(5)23-24-20(25)28-11-17(26)22-19-21-16(10-27-19)18-13(3)8-12(2)9-14(18)4/h6,8-10H,1,7,11H2,2-5H3,(H,21,22,26). The number of nitrogens with one attached hydrogen (secondary N) is 1. The number of aryl methyl sites for hydroxylation is 4. The summed E-state index contributed by atoms with van der Waals surface area (Å²) in [5.74, 6) is 0.928. The van der Waals surface area contributed by atoms with Crippen molar-refractivity contribution in [1.29, 1.82) is 0 Å². The summed E-state index contributed by atoms with van der Waals surface area (Å²) in [5, 5.41) is 14.3. The van der Waals surface area contributed by atoms with Crippen molar-refractivity contribution in [3.05, 3.63) is 52.7 Å². The Bertz CT molecular complexity index is 999. The third-order valence-corrected chi connectivity index (χ3v) is 5.95. The van der Waals surface area contributed by atoms with Crippen molar-refractivity contribution in [1.82, 2.24) is 19.7 Å². The SMILES string of the molecule is C=CCn1c(C)nnc1SCC(=O)Nc1nc(-c2c(C)cc(C)cc2C)cs1. The first-order chi connectivity index (χ1) is 13.4. The second-order valence-corrected chi connectivity index (χ2v) is 8.38. The van der Waals surface area contributed by atoms with Crippen LogP contribution in [0.25, 0.3) is 11.3 Å². The minimum atomic E-state index is -0.117. The average molecular weight is 414 g/mol. The van der Waals surface area contributed by atoms with E-state index < -0.39 is 0 Å². The molecule has 3 rings (SSSR count). The van der Waals surface area contributed by atoms with Crippen LogP contribution in [0.3, 0.4) is 0 Å². The van der Waals surface area contributed by atoms with Crippen LogP contribution in [-0.2, 0) is 11.3 Å². The molecule has 3 aromatic rings. The maximum atomic E-state index is 12.3. The van der Waals surface area contributed by atoms with Crippen LogP contribution >= 0.6 is 23.1 Å². The number of benzene rings is 1. The van der Waals surface area contributed by atoms with E-state index in [1.54, 1.807) is 6.08 Å². The number of amides is 1. The number of thiazole rings is 1. The van der Waals surface area contributed by atoms with Crippen molar-refractivity contribution in [3.63, 3.8) is 0 Å². The van der Waals surface area contributed by atoms with Gasteiger partial charge in [-0.3, -0.25) is 4.79 Å². The summed E-state index contributed by atoms with van der Waals surface area (Å²) in [6, 6.07) is 4.30. The number of hydrogen-bond donors (Lipinski definition) is 1. The minimum Gasteiger partial charge on any atom is -0.302 e. The van der Waals surface area contributed by atoms with Gasteiger partial charge < -0.3 is 9.88 Å². The minimum absolute atomic E-state index is 0.117. The number of anilines is 1. The number of thioether (sulfide) groups is 1. The number of rotatable bonds is 7. The molecule has 0 fully saturated rings. The quantitative estimate of drug-likeness (QED) is 0.454. The number of nitrogens with zero attached hydrogens (tertiary/aromatic N) is 4. The van der Waals surface area contributed by atoms with E-state index >= 15 is 0 Å². The molecule has 2 aromatic heterocycles.